The second kappa shape index (κ2) is 6.17. The van der Waals surface area contributed by atoms with Gasteiger partial charge < -0.3 is 0 Å². The maximum Gasteiger partial charge on any atom is 0.294 e. The molecule has 6 heteroatoms. The van der Waals surface area contributed by atoms with Crippen LogP contribution in [0.4, 0.5) is 11.4 Å². The number of hydrogen-bond acceptors (Lipinski definition) is 4. The number of rotatable bonds is 4. The van der Waals surface area contributed by atoms with Crippen molar-refractivity contribution >= 4 is 23.8 Å². The van der Waals surface area contributed by atoms with Crippen LogP contribution in [-0.2, 0) is 4.84 Å². The van der Waals surface area contributed by atoms with Crippen molar-refractivity contribution in [3.05, 3.63) is 34.4 Å². The van der Waals surface area contributed by atoms with Crippen LogP contribution in [0.5, 0.6) is 0 Å². The quantitative estimate of drug-likeness (QED) is 0.623. The first-order chi connectivity index (χ1) is 6.25. The van der Waals surface area contributed by atoms with Gasteiger partial charge in [-0.2, -0.15) is 0 Å². The Morgan fingerprint density at radius 1 is 1.50 bits per heavy atom. The van der Waals surface area contributed by atoms with E-state index in [1.807, 2.05) is 0 Å². The number of benzene rings is 1. The van der Waals surface area contributed by atoms with Gasteiger partial charge in [-0.25, -0.2) is 0 Å². The van der Waals surface area contributed by atoms with Gasteiger partial charge in [0, 0.05) is 6.07 Å². The molecule has 1 aromatic rings. The first kappa shape index (κ1) is 12.7. The summed E-state index contributed by atoms with van der Waals surface area (Å²) in [6.07, 6.45) is 0. The van der Waals surface area contributed by atoms with E-state index in [-0.39, 0.29) is 18.1 Å². The number of nitro groups is 1. The lowest BCUT2D eigenvalue weighted by atomic mass is 10.3. The van der Waals surface area contributed by atoms with Crippen molar-refractivity contribution < 1.29 is 9.76 Å². The standard InChI is InChI=1S/C8H10N2O3.ClH/c1-2-13-9-7-5-3-4-6-8(7)10(11)12;/h3-6,9H,2H2,1H3;1H. The number of nitro benzene ring substituents is 1. The monoisotopic (exact) mass is 218 g/mol. The average molecular weight is 219 g/mol. The van der Waals surface area contributed by atoms with Crippen LogP contribution in [0.15, 0.2) is 24.3 Å². The van der Waals surface area contributed by atoms with E-state index in [9.17, 15) is 10.1 Å². The number of hydrogen-bond donors (Lipinski definition) is 1. The minimum Gasteiger partial charge on any atom is -0.276 e. The van der Waals surface area contributed by atoms with Crippen molar-refractivity contribution in [3.63, 3.8) is 0 Å². The molecule has 0 radical (unpaired) electrons. The molecular formula is C8H11ClN2O3. The minimum absolute atomic E-state index is 0. The molecule has 14 heavy (non-hydrogen) atoms. The summed E-state index contributed by atoms with van der Waals surface area (Å²) >= 11 is 0. The highest BCUT2D eigenvalue weighted by Gasteiger charge is 2.11. The number of anilines is 1. The average Bonchev–Trinajstić information content (AvgIpc) is 2.15. The number of nitrogens with one attached hydrogen (secondary N) is 1. The Morgan fingerprint density at radius 2 is 2.14 bits per heavy atom. The van der Waals surface area contributed by atoms with Crippen LogP contribution in [-0.4, -0.2) is 11.5 Å². The van der Waals surface area contributed by atoms with E-state index in [4.69, 9.17) is 4.84 Å². The summed E-state index contributed by atoms with van der Waals surface area (Å²) in [5.41, 5.74) is 2.88. The van der Waals surface area contributed by atoms with Crippen molar-refractivity contribution in [3.8, 4) is 0 Å². The molecule has 1 N–H and O–H groups in total. The summed E-state index contributed by atoms with van der Waals surface area (Å²) < 4.78 is 0. The van der Waals surface area contributed by atoms with Crippen LogP contribution >= 0.6 is 12.4 Å². The lowest BCUT2D eigenvalue weighted by Crippen LogP contribution is -2.02. The molecule has 0 fully saturated rings. The summed E-state index contributed by atoms with van der Waals surface area (Å²) in [7, 11) is 0. The van der Waals surface area contributed by atoms with Gasteiger partial charge in [0.2, 0.25) is 0 Å². The molecule has 0 aliphatic carbocycles. The topological polar surface area (TPSA) is 64.4 Å². The number of para-hydroxylation sites is 2. The molecule has 5 nitrogen and oxygen atoms in total. The van der Waals surface area contributed by atoms with Crippen molar-refractivity contribution in [1.82, 2.24) is 0 Å². The van der Waals surface area contributed by atoms with Gasteiger partial charge in [-0.15, -0.1) is 12.4 Å². The SMILES string of the molecule is CCONc1ccccc1[N+](=O)[O-].Cl. The van der Waals surface area contributed by atoms with Crippen molar-refractivity contribution in [2.75, 3.05) is 12.1 Å². The van der Waals surface area contributed by atoms with Gasteiger partial charge >= 0.3 is 0 Å². The van der Waals surface area contributed by atoms with Crippen LogP contribution in [0.25, 0.3) is 0 Å². The molecule has 0 amide bonds. The molecule has 0 atom stereocenters. The highest BCUT2D eigenvalue weighted by atomic mass is 35.5. The molecule has 0 heterocycles. The van der Waals surface area contributed by atoms with Gasteiger partial charge in [0.1, 0.15) is 5.69 Å². The minimum atomic E-state index is -0.457. The molecule has 0 unspecified atom stereocenters. The highest BCUT2D eigenvalue weighted by molar-refractivity contribution is 5.85. The van der Waals surface area contributed by atoms with E-state index in [1.165, 1.54) is 6.07 Å². The zero-order valence-electron chi connectivity index (χ0n) is 7.60. The Labute approximate surface area is 87.6 Å². The summed E-state index contributed by atoms with van der Waals surface area (Å²) in [6.45, 7) is 2.24. The predicted molar refractivity (Wildman–Crippen MR) is 55.6 cm³/mol. The fraction of sp³-hybridized carbons (Fsp3) is 0.250. The molecule has 0 aliphatic rings. The summed E-state index contributed by atoms with van der Waals surface area (Å²) in [5, 5.41) is 10.5. The van der Waals surface area contributed by atoms with E-state index in [1.54, 1.807) is 25.1 Å². The van der Waals surface area contributed by atoms with Crippen LogP contribution < -0.4 is 5.48 Å². The van der Waals surface area contributed by atoms with Crippen LogP contribution in [0, 0.1) is 10.1 Å². The smallest absolute Gasteiger partial charge is 0.276 e. The Balaban J connectivity index is 0.00000169. The third-order valence-corrected chi connectivity index (χ3v) is 1.43. The molecular weight excluding hydrogens is 208 g/mol. The first-order valence-electron chi connectivity index (χ1n) is 3.87. The first-order valence-corrected chi connectivity index (χ1v) is 3.87. The lowest BCUT2D eigenvalue weighted by Gasteiger charge is -2.04. The summed E-state index contributed by atoms with van der Waals surface area (Å²) in [4.78, 5) is 14.9. The molecule has 1 rings (SSSR count). The van der Waals surface area contributed by atoms with Gasteiger partial charge in [-0.1, -0.05) is 12.1 Å². The Kier molecular flexibility index (Phi) is 5.59. The van der Waals surface area contributed by atoms with Crippen molar-refractivity contribution in [1.29, 1.82) is 0 Å². The molecule has 78 valence electrons. The second-order valence-electron chi connectivity index (χ2n) is 2.31. The van der Waals surface area contributed by atoms with Crippen molar-refractivity contribution in [2.45, 2.75) is 6.92 Å². The van der Waals surface area contributed by atoms with Gasteiger partial charge in [-0.3, -0.25) is 20.4 Å². The predicted octanol–water partition coefficient (Wildman–Crippen LogP) is 2.38. The van der Waals surface area contributed by atoms with Crippen LogP contribution in [0.1, 0.15) is 6.92 Å². The van der Waals surface area contributed by atoms with E-state index in [2.05, 4.69) is 5.48 Å². The van der Waals surface area contributed by atoms with E-state index < -0.39 is 4.92 Å². The normalized spacial score (nSPS) is 8.93. The summed E-state index contributed by atoms with van der Waals surface area (Å²) in [5.74, 6) is 0. The molecule has 0 saturated heterocycles. The molecule has 0 spiro atoms. The molecule has 0 bridgehead atoms. The van der Waals surface area contributed by atoms with Gasteiger partial charge in [0.05, 0.1) is 11.5 Å². The van der Waals surface area contributed by atoms with E-state index in [0.29, 0.717) is 12.3 Å². The molecule has 1 aromatic carbocycles. The molecule has 0 aromatic heterocycles. The maximum atomic E-state index is 10.5. The lowest BCUT2D eigenvalue weighted by molar-refractivity contribution is -0.384. The fourth-order valence-electron chi connectivity index (χ4n) is 0.869. The maximum absolute atomic E-state index is 10.5. The van der Waals surface area contributed by atoms with Crippen LogP contribution in [0.2, 0.25) is 0 Å². The van der Waals surface area contributed by atoms with E-state index >= 15 is 0 Å². The summed E-state index contributed by atoms with van der Waals surface area (Å²) in [6, 6.07) is 6.32. The second-order valence-corrected chi connectivity index (χ2v) is 2.31. The van der Waals surface area contributed by atoms with E-state index in [0.717, 1.165) is 0 Å². The molecule has 0 aliphatic heterocycles. The third-order valence-electron chi connectivity index (χ3n) is 1.43. The highest BCUT2D eigenvalue weighted by Crippen LogP contribution is 2.22. The number of halogens is 1. The van der Waals surface area contributed by atoms with Crippen molar-refractivity contribution in [2.24, 2.45) is 0 Å². The van der Waals surface area contributed by atoms with Crippen LogP contribution in [0.3, 0.4) is 0 Å². The van der Waals surface area contributed by atoms with Gasteiger partial charge in [0.25, 0.3) is 5.69 Å². The largest absolute Gasteiger partial charge is 0.294 e. The molecule has 0 saturated carbocycles. The van der Waals surface area contributed by atoms with Gasteiger partial charge in [0.15, 0.2) is 0 Å². The fourth-order valence-corrected chi connectivity index (χ4v) is 0.869. The zero-order chi connectivity index (χ0) is 9.68. The van der Waals surface area contributed by atoms with Gasteiger partial charge in [-0.05, 0) is 13.0 Å². The number of nitrogens with zero attached hydrogens (tertiary/aromatic N) is 1. The Hall–Kier alpha value is -1.33. The zero-order valence-corrected chi connectivity index (χ0v) is 8.41. The third kappa shape index (κ3) is 3.20. The Bertz CT molecular complexity index is 306. The Morgan fingerprint density at radius 3 is 2.71 bits per heavy atom.